The Morgan fingerprint density at radius 2 is 1.18 bits per heavy atom. The Hall–Kier alpha value is -0.200. The summed E-state index contributed by atoms with van der Waals surface area (Å²) >= 11 is 0. The van der Waals surface area contributed by atoms with E-state index >= 15 is 0 Å². The highest BCUT2D eigenvalue weighted by Gasteiger charge is 2.22. The number of nitrogens with zero attached hydrogens (tertiary/aromatic N) is 1. The van der Waals surface area contributed by atoms with Gasteiger partial charge in [0.2, 0.25) is 0 Å². The molecule has 124 valence electrons. The van der Waals surface area contributed by atoms with E-state index in [0.29, 0.717) is 5.31 Å². The van der Waals surface area contributed by atoms with E-state index in [9.17, 15) is 0 Å². The van der Waals surface area contributed by atoms with Crippen molar-refractivity contribution in [3.8, 4) is 0 Å². The number of rotatable bonds is 3. The van der Waals surface area contributed by atoms with Crippen LogP contribution in [0.1, 0.15) is 103 Å². The molecular weight excluding hydrogens is 264 g/mol. The molecule has 0 aromatic rings. The van der Waals surface area contributed by atoms with Crippen LogP contribution in [0.3, 0.4) is 0 Å². The molecule has 0 amide bonds. The van der Waals surface area contributed by atoms with Crippen molar-refractivity contribution in [2.45, 2.75) is 114 Å². The van der Waals surface area contributed by atoms with Gasteiger partial charge in [0.05, 0.1) is 0 Å². The molecule has 0 heterocycles. The second kappa shape index (κ2) is 10.6. The van der Waals surface area contributed by atoms with Crippen LogP contribution in [0.15, 0.2) is 4.90 Å². The van der Waals surface area contributed by atoms with E-state index in [0.717, 1.165) is 13.2 Å². The summed E-state index contributed by atoms with van der Waals surface area (Å²) in [5.74, 6) is 0.867. The first-order chi connectivity index (χ1) is 10.8. The molecule has 0 aromatic carbocycles. The molecule has 2 fully saturated rings. The molecule has 2 rings (SSSR count). The summed E-state index contributed by atoms with van der Waals surface area (Å²) < 4.78 is 0. The number of hydrogen-bond acceptors (Lipinski definition) is 1. The maximum absolute atomic E-state index is 4.96. The third kappa shape index (κ3) is 7.38. The zero-order valence-corrected chi connectivity index (χ0v) is 15.1. The van der Waals surface area contributed by atoms with Crippen LogP contribution in [0, 0.1) is 0 Å². The molecule has 0 aliphatic heterocycles. The summed E-state index contributed by atoms with van der Waals surface area (Å²) in [7, 11) is 3.56. The van der Waals surface area contributed by atoms with Gasteiger partial charge in [0, 0.05) is 0 Å². The van der Waals surface area contributed by atoms with Gasteiger partial charge in [-0.15, -0.1) is 0 Å². The van der Waals surface area contributed by atoms with E-state index in [1.807, 2.05) is 0 Å². The highest BCUT2D eigenvalue weighted by atomic mass is 14.6. The van der Waals surface area contributed by atoms with Crippen LogP contribution in [0.2, 0.25) is 11.1 Å². The number of hydrogen-bond donors (Lipinski definition) is 0. The lowest BCUT2D eigenvalue weighted by molar-refractivity contribution is 0.470. The lowest BCUT2D eigenvalue weighted by atomic mass is 9.62. The Kier molecular flexibility index (Phi) is 8.70. The van der Waals surface area contributed by atoms with Crippen LogP contribution in [-0.4, -0.2) is 21.5 Å². The summed E-state index contributed by atoms with van der Waals surface area (Å²) in [5.41, 5.74) is 0. The van der Waals surface area contributed by atoms with E-state index in [2.05, 4.69) is 14.1 Å². The molecule has 1 nitrogen and oxygen atoms in total. The molecular formula is C19H37B2N. The topological polar surface area (TPSA) is 12.4 Å². The fourth-order valence-electron chi connectivity index (χ4n) is 4.34. The molecule has 2 saturated carbocycles. The Balaban J connectivity index is 1.77. The molecule has 2 aliphatic carbocycles. The van der Waals surface area contributed by atoms with Crippen molar-refractivity contribution in [2.75, 3.05) is 0 Å². The SMILES string of the molecule is BC1(/C=N/BC2CCCCCCCCC2)CCCCCCC1. The van der Waals surface area contributed by atoms with E-state index < -0.39 is 0 Å². The van der Waals surface area contributed by atoms with Gasteiger partial charge in [0.1, 0.15) is 7.85 Å². The van der Waals surface area contributed by atoms with E-state index in [1.54, 1.807) is 0 Å². The van der Waals surface area contributed by atoms with E-state index in [4.69, 9.17) is 4.90 Å². The standard InChI is InChI=1S/C19H37B2N/c20-19(15-11-7-4-8-12-16-19)17-22-21-18-13-9-5-2-1-3-6-10-14-18/h17-18,21H,1-16,20H2/b22-17+. The molecule has 2 aliphatic rings. The van der Waals surface area contributed by atoms with Gasteiger partial charge in [0.25, 0.3) is 7.41 Å². The third-order valence-electron chi connectivity index (χ3n) is 5.99. The van der Waals surface area contributed by atoms with Crippen molar-refractivity contribution in [3.63, 3.8) is 0 Å². The highest BCUT2D eigenvalue weighted by molar-refractivity contribution is 6.38. The van der Waals surface area contributed by atoms with Crippen LogP contribution in [-0.2, 0) is 0 Å². The van der Waals surface area contributed by atoms with Gasteiger partial charge < -0.3 is 4.90 Å². The van der Waals surface area contributed by atoms with Crippen LogP contribution in [0.5, 0.6) is 0 Å². The van der Waals surface area contributed by atoms with Crippen molar-refractivity contribution in [1.82, 2.24) is 0 Å². The molecule has 0 bridgehead atoms. The second-order valence-electron chi connectivity index (χ2n) is 8.33. The maximum Gasteiger partial charge on any atom is 0.264 e. The molecule has 0 atom stereocenters. The molecule has 0 radical (unpaired) electrons. The predicted octanol–water partition coefficient (Wildman–Crippen LogP) is 5.26. The summed E-state index contributed by atoms with van der Waals surface area (Å²) in [6, 6.07) is 0. The second-order valence-corrected chi connectivity index (χ2v) is 8.33. The summed E-state index contributed by atoms with van der Waals surface area (Å²) in [6.45, 7) is 0. The molecule has 0 N–H and O–H groups in total. The molecule has 0 unspecified atom stereocenters. The largest absolute Gasteiger partial charge is 0.358 e. The highest BCUT2D eigenvalue weighted by Crippen LogP contribution is 2.36. The zero-order chi connectivity index (χ0) is 15.5. The van der Waals surface area contributed by atoms with E-state index in [-0.39, 0.29) is 0 Å². The molecule has 3 heteroatoms. The Labute approximate surface area is 140 Å². The fraction of sp³-hybridized carbons (Fsp3) is 0.947. The van der Waals surface area contributed by atoms with Gasteiger partial charge in [0.15, 0.2) is 0 Å². The van der Waals surface area contributed by atoms with Crippen LogP contribution >= 0.6 is 0 Å². The molecule has 0 spiro atoms. The fourth-order valence-corrected chi connectivity index (χ4v) is 4.34. The maximum atomic E-state index is 4.96. The van der Waals surface area contributed by atoms with Crippen LogP contribution in [0.4, 0.5) is 0 Å². The molecule has 0 aromatic heterocycles. The van der Waals surface area contributed by atoms with Crippen molar-refractivity contribution in [1.29, 1.82) is 0 Å². The molecule has 22 heavy (non-hydrogen) atoms. The van der Waals surface area contributed by atoms with Gasteiger partial charge in [-0.25, -0.2) is 0 Å². The quantitative estimate of drug-likeness (QED) is 0.498. The van der Waals surface area contributed by atoms with Crippen molar-refractivity contribution in [3.05, 3.63) is 0 Å². The normalized spacial score (nSPS) is 26.2. The van der Waals surface area contributed by atoms with Crippen LogP contribution < -0.4 is 0 Å². The smallest absolute Gasteiger partial charge is 0.264 e. The summed E-state index contributed by atoms with van der Waals surface area (Å²) in [4.78, 5) is 4.96. The van der Waals surface area contributed by atoms with Gasteiger partial charge in [-0.05, 0) is 17.3 Å². The lowest BCUT2D eigenvalue weighted by Gasteiger charge is -2.28. The Morgan fingerprint density at radius 1 is 0.727 bits per heavy atom. The monoisotopic (exact) mass is 301 g/mol. The van der Waals surface area contributed by atoms with Crippen molar-refractivity contribution in [2.24, 2.45) is 4.90 Å². The minimum absolute atomic E-state index is 0.399. The average molecular weight is 301 g/mol. The Bertz CT molecular complexity index is 299. The first-order valence-corrected chi connectivity index (χ1v) is 10.3. The first kappa shape index (κ1) is 18.1. The Morgan fingerprint density at radius 3 is 1.73 bits per heavy atom. The summed E-state index contributed by atoms with van der Waals surface area (Å²) in [5, 5.41) is 0.399. The van der Waals surface area contributed by atoms with Crippen molar-refractivity contribution >= 4 is 21.5 Å². The van der Waals surface area contributed by atoms with Gasteiger partial charge in [-0.1, -0.05) is 103 Å². The lowest BCUT2D eigenvalue weighted by Crippen LogP contribution is -2.17. The summed E-state index contributed by atoms with van der Waals surface area (Å²) in [6.07, 6.45) is 25.3. The minimum Gasteiger partial charge on any atom is -0.358 e. The third-order valence-corrected chi connectivity index (χ3v) is 5.99. The van der Waals surface area contributed by atoms with Gasteiger partial charge >= 0.3 is 0 Å². The van der Waals surface area contributed by atoms with Gasteiger partial charge in [-0.2, -0.15) is 0 Å². The van der Waals surface area contributed by atoms with Crippen molar-refractivity contribution < 1.29 is 0 Å². The average Bonchev–Trinajstić information content (AvgIpc) is 2.50. The zero-order valence-electron chi connectivity index (χ0n) is 15.1. The van der Waals surface area contributed by atoms with Crippen LogP contribution in [0.25, 0.3) is 0 Å². The minimum atomic E-state index is 0.399. The first-order valence-electron chi connectivity index (χ1n) is 10.3. The van der Waals surface area contributed by atoms with Gasteiger partial charge in [-0.3, -0.25) is 0 Å². The predicted molar refractivity (Wildman–Crippen MR) is 105 cm³/mol. The molecule has 0 saturated heterocycles. The van der Waals surface area contributed by atoms with E-state index in [1.165, 1.54) is 103 Å².